The van der Waals surface area contributed by atoms with E-state index >= 15 is 0 Å². The Morgan fingerprint density at radius 1 is 0.600 bits per heavy atom. The lowest BCUT2D eigenvalue weighted by molar-refractivity contribution is -0.146. The molecule has 12 N–H and O–H groups in total. The number of hydrogen-bond acceptors (Lipinski definition) is 8. The third-order valence-electron chi connectivity index (χ3n) is 10.1. The fraction of sp³-hybridized carbons (Fsp3) is 0.526. The van der Waals surface area contributed by atoms with E-state index in [9.17, 15) is 19.2 Å². The number of aliphatic imine (C=N–C) groups is 2. The first-order chi connectivity index (χ1) is 26.5. The van der Waals surface area contributed by atoms with Crippen LogP contribution in [0.3, 0.4) is 0 Å². The van der Waals surface area contributed by atoms with Gasteiger partial charge in [-0.25, -0.2) is 0 Å². The van der Waals surface area contributed by atoms with Crippen LogP contribution in [0.1, 0.15) is 88.2 Å². The van der Waals surface area contributed by atoms with E-state index in [4.69, 9.17) is 32.2 Å². The van der Waals surface area contributed by atoms with E-state index in [-0.39, 0.29) is 49.7 Å². The molecule has 0 aromatic heterocycles. The first kappa shape index (κ1) is 42.6. The Balaban J connectivity index is 1.43. The molecule has 2 unspecified atom stereocenters. The van der Waals surface area contributed by atoms with Crippen LogP contribution in [0.4, 0.5) is 0 Å². The minimum atomic E-state index is -1.27. The number of benzene rings is 2. The molecule has 2 atom stereocenters. The Morgan fingerprint density at radius 2 is 0.964 bits per heavy atom. The molecule has 0 bridgehead atoms. The van der Waals surface area contributed by atoms with Crippen molar-refractivity contribution in [2.75, 3.05) is 13.1 Å². The van der Waals surface area contributed by atoms with E-state index in [2.05, 4.69) is 31.3 Å². The quantitative estimate of drug-likeness (QED) is 0.0213. The van der Waals surface area contributed by atoms with Crippen molar-refractivity contribution in [2.24, 2.45) is 43.7 Å². The number of carbonyl (C=O) groups excluding carboxylic acids is 4. The Bertz CT molecular complexity index is 1480. The van der Waals surface area contributed by atoms with Gasteiger partial charge in [-0.1, -0.05) is 86.3 Å². The van der Waals surface area contributed by atoms with Crippen molar-refractivity contribution < 1.29 is 28.5 Å². The van der Waals surface area contributed by atoms with E-state index < -0.39 is 35.1 Å². The van der Waals surface area contributed by atoms with E-state index in [0.29, 0.717) is 51.6 Å². The number of nitrogens with zero attached hydrogens (tertiary/aromatic N) is 2. The molecule has 0 spiro atoms. The summed E-state index contributed by atoms with van der Waals surface area (Å²) in [5, 5.41) is 11.7. The van der Waals surface area contributed by atoms with Crippen LogP contribution in [0.25, 0.3) is 0 Å². The highest BCUT2D eigenvalue weighted by Crippen LogP contribution is 2.40. The van der Waals surface area contributed by atoms with Gasteiger partial charge in [-0.05, 0) is 62.5 Å². The average molecular weight is 760 g/mol. The molecule has 297 valence electrons. The van der Waals surface area contributed by atoms with Gasteiger partial charge in [-0.15, -0.1) is 0 Å². The number of rotatable bonds is 22. The average Bonchev–Trinajstić information content (AvgIpc) is 3.89. The molecule has 2 aliphatic rings. The summed E-state index contributed by atoms with van der Waals surface area (Å²) in [5.74, 6) is -1.73. The summed E-state index contributed by atoms with van der Waals surface area (Å²) in [6.45, 7) is 1.14. The van der Waals surface area contributed by atoms with Crippen molar-refractivity contribution in [3.63, 3.8) is 0 Å². The Kier molecular flexibility index (Phi) is 16.8. The van der Waals surface area contributed by atoms with E-state index in [1.165, 1.54) is 0 Å². The fourth-order valence-corrected chi connectivity index (χ4v) is 7.02. The normalized spacial score (nSPS) is 16.5. The maximum Gasteiger partial charge on any atom is 0.491 e. The highest BCUT2D eigenvalue weighted by atomic mass is 16.6. The van der Waals surface area contributed by atoms with Crippen molar-refractivity contribution in [2.45, 2.75) is 103 Å². The summed E-state index contributed by atoms with van der Waals surface area (Å²) in [6, 6.07) is 19.0. The molecule has 16 nitrogen and oxygen atoms in total. The number of amides is 4. The summed E-state index contributed by atoms with van der Waals surface area (Å²) in [7, 11) is 1.06. The molecule has 2 aromatic carbocycles. The molecule has 4 rings (SSSR count). The molecule has 55 heavy (non-hydrogen) atoms. The molecule has 4 amide bonds. The van der Waals surface area contributed by atoms with E-state index in [0.717, 1.165) is 44.5 Å². The molecule has 2 fully saturated rings. The number of nitrogens with two attached hydrogens (primary N) is 4. The van der Waals surface area contributed by atoms with Crippen molar-refractivity contribution >= 4 is 43.2 Å². The Hall–Kier alpha value is -5.16. The second kappa shape index (κ2) is 21.7. The van der Waals surface area contributed by atoms with Crippen LogP contribution in [0.15, 0.2) is 70.6 Å². The van der Waals surface area contributed by atoms with Crippen LogP contribution in [0.2, 0.25) is 0 Å². The summed E-state index contributed by atoms with van der Waals surface area (Å²) in [6.07, 6.45) is 4.04. The first-order valence-electron chi connectivity index (χ1n) is 19.0. The maximum absolute atomic E-state index is 13.9. The van der Waals surface area contributed by atoms with Crippen LogP contribution in [0.5, 0.6) is 0 Å². The predicted molar refractivity (Wildman–Crippen MR) is 210 cm³/mol. The zero-order valence-electron chi connectivity index (χ0n) is 31.5. The third-order valence-corrected chi connectivity index (χ3v) is 10.1. The van der Waals surface area contributed by atoms with Crippen LogP contribution in [-0.4, -0.2) is 68.8 Å². The van der Waals surface area contributed by atoms with Crippen LogP contribution < -0.4 is 44.2 Å². The highest BCUT2D eigenvalue weighted by molar-refractivity contribution is 6.18. The predicted octanol–water partition coefficient (Wildman–Crippen LogP) is 1.30. The number of carbonyl (C=O) groups is 4. The monoisotopic (exact) mass is 759 g/mol. The minimum absolute atomic E-state index is 0.0653. The van der Waals surface area contributed by atoms with Gasteiger partial charge in [0.2, 0.25) is 23.6 Å². The second-order valence-electron chi connectivity index (χ2n) is 14.1. The van der Waals surface area contributed by atoms with Gasteiger partial charge in [0.1, 0.15) is 23.3 Å². The van der Waals surface area contributed by atoms with E-state index in [1.54, 1.807) is 0 Å². The Morgan fingerprint density at radius 3 is 1.31 bits per heavy atom. The zero-order chi connectivity index (χ0) is 39.5. The molecule has 2 aromatic rings. The number of hydrogen-bond donors (Lipinski definition) is 8. The van der Waals surface area contributed by atoms with Crippen LogP contribution in [0, 0.1) is 10.8 Å². The SMILES string of the molecule is NC(N)=NCCCC(NC(=O)C1(C(=O)NCc2ccccc2)CCCC1)O[B]OC(CCCN=C(N)N)NC(=O)C1(C(=O)NCc2ccccc2)CCCC1. The van der Waals surface area contributed by atoms with Gasteiger partial charge in [0.05, 0.1) is 0 Å². The molecule has 0 heterocycles. The fourth-order valence-electron chi connectivity index (χ4n) is 7.02. The molecular weight excluding hydrogens is 703 g/mol. The van der Waals surface area contributed by atoms with Gasteiger partial charge >= 0.3 is 7.69 Å². The van der Waals surface area contributed by atoms with Gasteiger partial charge in [0.25, 0.3) is 0 Å². The smallest absolute Gasteiger partial charge is 0.393 e. The highest BCUT2D eigenvalue weighted by Gasteiger charge is 2.49. The summed E-state index contributed by atoms with van der Waals surface area (Å²) in [4.78, 5) is 63.1. The topological polar surface area (TPSA) is 264 Å². The molecule has 2 saturated carbocycles. The molecule has 17 heteroatoms. The lowest BCUT2D eigenvalue weighted by Crippen LogP contribution is -2.54. The minimum Gasteiger partial charge on any atom is -0.393 e. The summed E-state index contributed by atoms with van der Waals surface area (Å²) >= 11 is 0. The summed E-state index contributed by atoms with van der Waals surface area (Å²) in [5.41, 5.74) is 21.3. The third kappa shape index (κ3) is 13.0. The second-order valence-corrected chi connectivity index (χ2v) is 14.1. The van der Waals surface area contributed by atoms with Gasteiger partial charge in [0.15, 0.2) is 11.9 Å². The number of nitrogens with one attached hydrogen (secondary N) is 4. The molecule has 1 radical (unpaired) electrons. The van der Waals surface area contributed by atoms with E-state index in [1.807, 2.05) is 60.7 Å². The van der Waals surface area contributed by atoms with Crippen molar-refractivity contribution in [3.05, 3.63) is 71.8 Å². The largest absolute Gasteiger partial charge is 0.491 e. The van der Waals surface area contributed by atoms with Crippen LogP contribution in [-0.2, 0) is 41.6 Å². The van der Waals surface area contributed by atoms with Crippen molar-refractivity contribution in [1.82, 2.24) is 21.3 Å². The lowest BCUT2D eigenvalue weighted by atomic mass is 9.83. The standard InChI is InChI=1S/C38H56BN10O6/c40-35(41)44-23-11-17-29(48-33(52)37(19-7-8-20-37)31(50)46-25-27-13-3-1-4-14-27)54-39-55-30(18-12-24-45-36(42)43)49-34(53)38(21-9-10-22-38)32(51)47-26-28-15-5-2-6-16-28/h1-6,13-16,29-30H,7-12,17-26H2,(H,46,50)(H,47,51)(H,48,52)(H,49,53)(H4,40,41,44)(H4,42,43,45). The molecule has 2 aliphatic carbocycles. The van der Waals surface area contributed by atoms with Crippen LogP contribution >= 0.6 is 0 Å². The molecule has 0 aliphatic heterocycles. The first-order valence-corrected chi connectivity index (χ1v) is 19.0. The number of guanidine groups is 2. The van der Waals surface area contributed by atoms with Crippen molar-refractivity contribution in [1.29, 1.82) is 0 Å². The van der Waals surface area contributed by atoms with Gasteiger partial charge in [0, 0.05) is 26.2 Å². The maximum atomic E-state index is 13.9. The summed E-state index contributed by atoms with van der Waals surface area (Å²) < 4.78 is 11.9. The van der Waals surface area contributed by atoms with Crippen molar-refractivity contribution in [3.8, 4) is 0 Å². The molecular formula is C38H56BN10O6. The van der Waals surface area contributed by atoms with Gasteiger partial charge < -0.3 is 53.5 Å². The lowest BCUT2D eigenvalue weighted by Gasteiger charge is -2.31. The zero-order valence-corrected chi connectivity index (χ0v) is 31.5. The Labute approximate surface area is 323 Å². The van der Waals surface area contributed by atoms with Gasteiger partial charge in [-0.2, -0.15) is 0 Å². The molecule has 0 saturated heterocycles. The van der Waals surface area contributed by atoms with Gasteiger partial charge in [-0.3, -0.25) is 29.2 Å².